The van der Waals surface area contributed by atoms with Crippen LogP contribution in [0.2, 0.25) is 0 Å². The van der Waals surface area contributed by atoms with Crippen molar-refractivity contribution >= 4 is 12.0 Å². The Labute approximate surface area is 130 Å². The normalized spacial score (nSPS) is 12.1. The van der Waals surface area contributed by atoms with Gasteiger partial charge in [-0.25, -0.2) is 0 Å². The van der Waals surface area contributed by atoms with E-state index in [2.05, 4.69) is 10.3 Å². The van der Waals surface area contributed by atoms with E-state index < -0.39 is 0 Å². The van der Waals surface area contributed by atoms with Crippen molar-refractivity contribution in [1.29, 1.82) is 0 Å². The molecule has 22 heavy (non-hydrogen) atoms. The van der Waals surface area contributed by atoms with Gasteiger partial charge in [0.1, 0.15) is 5.75 Å². The summed E-state index contributed by atoms with van der Waals surface area (Å²) in [5, 5.41) is 3.00. The first-order valence-electron chi connectivity index (χ1n) is 7.26. The first-order valence-corrected chi connectivity index (χ1v) is 7.26. The van der Waals surface area contributed by atoms with Gasteiger partial charge in [-0.05, 0) is 42.3 Å². The summed E-state index contributed by atoms with van der Waals surface area (Å²) in [4.78, 5) is 16.2. The van der Waals surface area contributed by atoms with Crippen LogP contribution in [0, 0.1) is 0 Å². The second-order valence-corrected chi connectivity index (χ2v) is 4.83. The Hall–Kier alpha value is -2.62. The van der Waals surface area contributed by atoms with Crippen LogP contribution in [0.25, 0.3) is 6.08 Å². The number of nitrogens with one attached hydrogen (secondary N) is 1. The molecule has 1 heterocycles. The Morgan fingerprint density at radius 2 is 2.05 bits per heavy atom. The van der Waals surface area contributed by atoms with Gasteiger partial charge in [-0.15, -0.1) is 0 Å². The zero-order chi connectivity index (χ0) is 15.8. The number of nitrogens with zero attached hydrogens (tertiary/aromatic N) is 1. The van der Waals surface area contributed by atoms with Gasteiger partial charge < -0.3 is 10.1 Å². The highest BCUT2D eigenvalue weighted by Gasteiger charge is 2.11. The maximum Gasteiger partial charge on any atom is 0.244 e. The number of carbonyl (C=O) groups is 1. The number of methoxy groups -OCH3 is 1. The highest BCUT2D eigenvalue weighted by molar-refractivity contribution is 5.91. The topological polar surface area (TPSA) is 51.2 Å². The van der Waals surface area contributed by atoms with Crippen molar-refractivity contribution in [2.75, 3.05) is 7.11 Å². The third-order valence-electron chi connectivity index (χ3n) is 3.34. The molecular weight excluding hydrogens is 276 g/mol. The number of amides is 1. The zero-order valence-corrected chi connectivity index (χ0v) is 12.8. The number of hydrogen-bond acceptors (Lipinski definition) is 3. The van der Waals surface area contributed by atoms with Gasteiger partial charge in [0.05, 0.1) is 18.8 Å². The Morgan fingerprint density at radius 3 is 2.64 bits per heavy atom. The SMILES string of the molecule is CCC(NC(=O)C=Cc1ccccn1)c1ccc(OC)cc1. The van der Waals surface area contributed by atoms with E-state index in [0.29, 0.717) is 0 Å². The molecule has 1 aromatic carbocycles. The van der Waals surface area contributed by atoms with Gasteiger partial charge in [0.2, 0.25) is 5.91 Å². The molecule has 0 saturated heterocycles. The van der Waals surface area contributed by atoms with E-state index in [1.165, 1.54) is 6.08 Å². The minimum Gasteiger partial charge on any atom is -0.497 e. The molecule has 4 nitrogen and oxygen atoms in total. The highest BCUT2D eigenvalue weighted by Crippen LogP contribution is 2.20. The fraction of sp³-hybridized carbons (Fsp3) is 0.222. The summed E-state index contributed by atoms with van der Waals surface area (Å²) in [7, 11) is 1.64. The molecule has 0 aliphatic heterocycles. The molecule has 2 aromatic rings. The van der Waals surface area contributed by atoms with Crippen LogP contribution in [0.3, 0.4) is 0 Å². The van der Waals surface area contributed by atoms with Gasteiger partial charge in [-0.3, -0.25) is 9.78 Å². The van der Waals surface area contributed by atoms with Gasteiger partial charge in [0.15, 0.2) is 0 Å². The smallest absolute Gasteiger partial charge is 0.244 e. The van der Waals surface area contributed by atoms with Crippen molar-refractivity contribution < 1.29 is 9.53 Å². The molecule has 1 amide bonds. The third-order valence-corrected chi connectivity index (χ3v) is 3.34. The van der Waals surface area contributed by atoms with Gasteiger partial charge in [-0.1, -0.05) is 25.1 Å². The molecule has 0 spiro atoms. The van der Waals surface area contributed by atoms with Crippen LogP contribution in [0.4, 0.5) is 0 Å². The quantitative estimate of drug-likeness (QED) is 0.831. The summed E-state index contributed by atoms with van der Waals surface area (Å²) in [5.74, 6) is 0.674. The molecule has 4 heteroatoms. The lowest BCUT2D eigenvalue weighted by atomic mass is 10.0. The van der Waals surface area contributed by atoms with E-state index >= 15 is 0 Å². The van der Waals surface area contributed by atoms with Crippen molar-refractivity contribution in [2.24, 2.45) is 0 Å². The van der Waals surface area contributed by atoms with E-state index in [0.717, 1.165) is 23.4 Å². The predicted molar refractivity (Wildman–Crippen MR) is 87.4 cm³/mol. The van der Waals surface area contributed by atoms with Crippen LogP contribution in [0.15, 0.2) is 54.7 Å². The lowest BCUT2D eigenvalue weighted by molar-refractivity contribution is -0.117. The fourth-order valence-corrected chi connectivity index (χ4v) is 2.11. The van der Waals surface area contributed by atoms with Crippen LogP contribution in [-0.4, -0.2) is 18.0 Å². The number of rotatable bonds is 6. The predicted octanol–water partition coefficient (Wildman–Crippen LogP) is 3.37. The molecule has 114 valence electrons. The standard InChI is InChI=1S/C18H20N2O2/c1-3-17(14-7-10-16(22-2)11-8-14)20-18(21)12-9-15-6-4-5-13-19-15/h4-13,17H,3H2,1-2H3,(H,20,21). The van der Waals surface area contributed by atoms with Crippen LogP contribution in [-0.2, 0) is 4.79 Å². The summed E-state index contributed by atoms with van der Waals surface area (Å²) in [6.45, 7) is 2.04. The average molecular weight is 296 g/mol. The number of ether oxygens (including phenoxy) is 1. The molecule has 1 atom stereocenters. The lowest BCUT2D eigenvalue weighted by Crippen LogP contribution is -2.26. The summed E-state index contributed by atoms with van der Waals surface area (Å²) >= 11 is 0. The Kier molecular flexibility index (Phi) is 5.72. The lowest BCUT2D eigenvalue weighted by Gasteiger charge is -2.16. The van der Waals surface area contributed by atoms with Gasteiger partial charge in [0.25, 0.3) is 0 Å². The molecule has 1 aromatic heterocycles. The fourth-order valence-electron chi connectivity index (χ4n) is 2.11. The van der Waals surface area contributed by atoms with Crippen molar-refractivity contribution in [3.05, 3.63) is 66.0 Å². The molecule has 0 radical (unpaired) electrons. The minimum absolute atomic E-state index is 0.0215. The van der Waals surface area contributed by atoms with Crippen LogP contribution in [0.1, 0.15) is 30.6 Å². The van der Waals surface area contributed by atoms with Crippen LogP contribution >= 0.6 is 0 Å². The minimum atomic E-state index is -0.131. The van der Waals surface area contributed by atoms with E-state index in [-0.39, 0.29) is 11.9 Å². The Balaban J connectivity index is 1.99. The number of hydrogen-bond donors (Lipinski definition) is 1. The molecule has 0 saturated carbocycles. The summed E-state index contributed by atoms with van der Waals surface area (Å²) in [6, 6.07) is 13.3. The van der Waals surface area contributed by atoms with Gasteiger partial charge in [-0.2, -0.15) is 0 Å². The first-order chi connectivity index (χ1) is 10.7. The van der Waals surface area contributed by atoms with Gasteiger partial charge in [0, 0.05) is 12.3 Å². The molecule has 0 fully saturated rings. The molecule has 0 aliphatic rings. The summed E-state index contributed by atoms with van der Waals surface area (Å²) in [5.41, 5.74) is 1.82. The molecule has 0 bridgehead atoms. The molecule has 2 rings (SSSR count). The van der Waals surface area contributed by atoms with E-state index in [1.54, 1.807) is 19.4 Å². The Bertz CT molecular complexity index is 621. The monoisotopic (exact) mass is 296 g/mol. The number of benzene rings is 1. The maximum atomic E-state index is 12.0. The number of pyridine rings is 1. The molecule has 1 N–H and O–H groups in total. The largest absolute Gasteiger partial charge is 0.497 e. The second-order valence-electron chi connectivity index (χ2n) is 4.83. The van der Waals surface area contributed by atoms with Crippen LogP contribution in [0.5, 0.6) is 5.75 Å². The molecule has 0 aliphatic carbocycles. The summed E-state index contributed by atoms with van der Waals surface area (Å²) < 4.78 is 5.15. The van der Waals surface area contributed by atoms with Crippen molar-refractivity contribution in [2.45, 2.75) is 19.4 Å². The van der Waals surface area contributed by atoms with E-state index in [9.17, 15) is 4.79 Å². The van der Waals surface area contributed by atoms with Crippen molar-refractivity contribution in [1.82, 2.24) is 10.3 Å². The van der Waals surface area contributed by atoms with Crippen molar-refractivity contribution in [3.8, 4) is 5.75 Å². The maximum absolute atomic E-state index is 12.0. The van der Waals surface area contributed by atoms with Crippen molar-refractivity contribution in [3.63, 3.8) is 0 Å². The summed E-state index contributed by atoms with van der Waals surface area (Å²) in [6.07, 6.45) is 5.73. The second kappa shape index (κ2) is 7.98. The number of carbonyl (C=O) groups excluding carboxylic acids is 1. The molecular formula is C18H20N2O2. The third kappa shape index (κ3) is 4.45. The van der Waals surface area contributed by atoms with Crippen LogP contribution < -0.4 is 10.1 Å². The van der Waals surface area contributed by atoms with Gasteiger partial charge >= 0.3 is 0 Å². The zero-order valence-electron chi connectivity index (χ0n) is 12.8. The Morgan fingerprint density at radius 1 is 1.27 bits per heavy atom. The average Bonchev–Trinajstić information content (AvgIpc) is 2.59. The van der Waals surface area contributed by atoms with E-state index in [4.69, 9.17) is 4.74 Å². The highest BCUT2D eigenvalue weighted by atomic mass is 16.5. The molecule has 1 unspecified atom stereocenters. The van der Waals surface area contributed by atoms with E-state index in [1.807, 2.05) is 49.4 Å². The number of aromatic nitrogens is 1. The first kappa shape index (κ1) is 15.8.